The van der Waals surface area contributed by atoms with Crippen molar-refractivity contribution in [1.82, 2.24) is 13.5 Å². The summed E-state index contributed by atoms with van der Waals surface area (Å²) in [6, 6.07) is 37.9. The summed E-state index contributed by atoms with van der Waals surface area (Å²) >= 11 is 0. The topological polar surface area (TPSA) is 14.3 Å². The lowest BCUT2D eigenvalue weighted by Crippen LogP contribution is -2.23. The van der Waals surface area contributed by atoms with Crippen LogP contribution in [0.3, 0.4) is 0 Å². The van der Waals surface area contributed by atoms with Gasteiger partial charge in [0.1, 0.15) is 0 Å². The monoisotopic (exact) mass is 687 g/mol. The van der Waals surface area contributed by atoms with Gasteiger partial charge in [-0.3, -0.25) is 0 Å². The summed E-state index contributed by atoms with van der Waals surface area (Å²) in [5.74, 6) is 0. The van der Waals surface area contributed by atoms with Gasteiger partial charge in [-0.2, -0.15) is 0 Å². The van der Waals surface area contributed by atoms with Crippen molar-refractivity contribution >= 4 is 56.5 Å². The Morgan fingerprint density at radius 2 is 1.28 bits per heavy atom. The van der Waals surface area contributed by atoms with Crippen LogP contribution in [0.5, 0.6) is 0 Å². The van der Waals surface area contributed by atoms with Gasteiger partial charge in [0.25, 0.3) is 0 Å². The first-order chi connectivity index (χ1) is 26.2. The second-order valence-corrected chi connectivity index (χ2v) is 13.0. The number of aromatic nitrogens is 3. The quantitative estimate of drug-likeness (QED) is 0.155. The van der Waals surface area contributed by atoms with Crippen LogP contribution in [0.15, 0.2) is 133 Å². The van der Waals surface area contributed by atoms with Crippen molar-refractivity contribution < 1.29 is 0 Å². The van der Waals surface area contributed by atoms with Crippen LogP contribution in [0.1, 0.15) is 75.8 Å². The predicted octanol–water partition coefficient (Wildman–Crippen LogP) is 13.9. The maximum absolute atomic E-state index is 4.32. The number of hydrogen-bond acceptors (Lipinski definition) is 0. The van der Waals surface area contributed by atoms with Gasteiger partial charge in [-0.25, -0.2) is 0 Å². The maximum atomic E-state index is 4.32. The Morgan fingerprint density at radius 1 is 0.698 bits per heavy atom. The molecule has 10 rings (SSSR count). The number of fused-ring (bicyclic) bond motifs is 3. The second kappa shape index (κ2) is 13.7. The maximum Gasteiger partial charge on any atom is 0.0870 e. The van der Waals surface area contributed by atoms with Gasteiger partial charge >= 0.3 is 0 Å². The minimum atomic E-state index is 0.102. The smallest absolute Gasteiger partial charge is 0.0870 e. The molecule has 0 saturated heterocycles. The summed E-state index contributed by atoms with van der Waals surface area (Å²) in [6.07, 6.45) is 11.4. The van der Waals surface area contributed by atoms with Crippen LogP contribution >= 0.6 is 0 Å². The summed E-state index contributed by atoms with van der Waals surface area (Å²) in [4.78, 5) is 0. The van der Waals surface area contributed by atoms with Crippen LogP contribution in [0.25, 0.3) is 84.4 Å². The normalized spacial score (nSPS) is 13.3. The minimum Gasteiger partial charge on any atom is -0.326 e. The highest BCUT2D eigenvalue weighted by Gasteiger charge is 2.34. The molecule has 3 aromatic heterocycles. The van der Waals surface area contributed by atoms with E-state index in [1.165, 1.54) is 77.3 Å². The standard InChI is InChI=1S/C46H33N3.2C2H6/c1-4-7-14-38-36-26-28-42-44-43-41(47(42)33-23-21-32(22-24-33)31-19-17-30(18-20-31)29-12-9-8-10-13-29)27-25-35-34(5-2)37(6-3)48(45(35)43)39-15-11-16-40(39)49(38)46(36)44;2*1-2/h4,6,8-10,12-28,38H,3,5H2,1-2H3;2*1-2H3. The van der Waals surface area contributed by atoms with Crippen LogP contribution in [0.2, 0.25) is 0 Å². The Labute approximate surface area is 312 Å². The van der Waals surface area contributed by atoms with Crippen LogP contribution in [0, 0.1) is 0 Å². The summed E-state index contributed by atoms with van der Waals surface area (Å²) in [5.41, 5.74) is 24.0. The first-order valence-electron chi connectivity index (χ1n) is 19.1. The van der Waals surface area contributed by atoms with Gasteiger partial charge in [-0.05, 0) is 83.7 Å². The molecule has 5 aromatic carbocycles. The van der Waals surface area contributed by atoms with Crippen LogP contribution < -0.4 is 0 Å². The average molecular weight is 688 g/mol. The van der Waals surface area contributed by atoms with E-state index < -0.39 is 0 Å². The van der Waals surface area contributed by atoms with Gasteiger partial charge in [0.2, 0.25) is 0 Å². The van der Waals surface area contributed by atoms with Gasteiger partial charge in [0.05, 0.1) is 39.5 Å². The zero-order chi connectivity index (χ0) is 36.8. The Hall–Kier alpha value is -6.24. The molecule has 53 heavy (non-hydrogen) atoms. The lowest BCUT2D eigenvalue weighted by atomic mass is 9.92. The number of benzene rings is 5. The number of allylic oxidation sites excluding steroid dienone is 1. The molecule has 8 aromatic rings. The summed E-state index contributed by atoms with van der Waals surface area (Å²) in [6.45, 7) is 16.6. The lowest BCUT2D eigenvalue weighted by Gasteiger charge is -2.33. The average Bonchev–Trinajstić information content (AvgIpc) is 3.91. The molecule has 2 aliphatic rings. The highest BCUT2D eigenvalue weighted by molar-refractivity contribution is 6.27. The van der Waals surface area contributed by atoms with Crippen LogP contribution in [-0.2, 0) is 6.42 Å². The Morgan fingerprint density at radius 3 is 1.91 bits per heavy atom. The molecule has 0 amide bonds. The third kappa shape index (κ3) is 4.90. The van der Waals surface area contributed by atoms with E-state index >= 15 is 0 Å². The number of rotatable bonds is 6. The molecule has 0 radical (unpaired) electrons. The number of hydrogen-bond donors (Lipinski definition) is 0. The zero-order valence-electron chi connectivity index (χ0n) is 31.5. The van der Waals surface area contributed by atoms with E-state index in [4.69, 9.17) is 0 Å². The molecule has 3 nitrogen and oxygen atoms in total. The summed E-state index contributed by atoms with van der Waals surface area (Å²) in [5, 5.41) is 3.88. The van der Waals surface area contributed by atoms with E-state index in [1.54, 1.807) is 0 Å². The molecular weight excluding hydrogens is 643 g/mol. The van der Waals surface area contributed by atoms with Crippen molar-refractivity contribution in [2.24, 2.45) is 0 Å². The van der Waals surface area contributed by atoms with E-state index in [-0.39, 0.29) is 6.04 Å². The van der Waals surface area contributed by atoms with Crippen LogP contribution in [-0.4, -0.2) is 13.5 Å². The van der Waals surface area contributed by atoms with Gasteiger partial charge < -0.3 is 13.5 Å². The lowest BCUT2D eigenvalue weighted by molar-refractivity contribution is 0.660. The number of aryl methyl sites for hydroxylation is 1. The molecule has 3 heteroatoms. The molecule has 0 saturated carbocycles. The predicted molar refractivity (Wildman–Crippen MR) is 229 cm³/mol. The molecule has 4 heterocycles. The second-order valence-electron chi connectivity index (χ2n) is 13.0. The fourth-order valence-electron chi connectivity index (χ4n) is 8.50. The summed E-state index contributed by atoms with van der Waals surface area (Å²) in [7, 11) is 0. The number of nitrogens with zero attached hydrogens (tertiary/aromatic N) is 3. The van der Waals surface area contributed by atoms with Crippen LogP contribution in [0.4, 0.5) is 0 Å². The van der Waals surface area contributed by atoms with Crippen molar-refractivity contribution in [3.05, 3.63) is 162 Å². The van der Waals surface area contributed by atoms with E-state index in [2.05, 4.69) is 160 Å². The molecule has 1 aliphatic carbocycles. The summed E-state index contributed by atoms with van der Waals surface area (Å²) < 4.78 is 7.40. The van der Waals surface area contributed by atoms with Gasteiger partial charge in [0.15, 0.2) is 0 Å². The molecule has 0 fully saturated rings. The fourth-order valence-corrected chi connectivity index (χ4v) is 8.50. The van der Waals surface area contributed by atoms with E-state index in [0.29, 0.717) is 0 Å². The molecule has 1 atom stereocenters. The molecule has 0 N–H and O–H groups in total. The van der Waals surface area contributed by atoms with Crippen molar-refractivity contribution in [3.63, 3.8) is 0 Å². The molecule has 1 unspecified atom stereocenters. The zero-order valence-corrected chi connectivity index (χ0v) is 31.5. The molecule has 1 aliphatic heterocycles. The minimum absolute atomic E-state index is 0.102. The van der Waals surface area contributed by atoms with Gasteiger partial charge in [-0.1, -0.05) is 120 Å². The van der Waals surface area contributed by atoms with E-state index in [9.17, 15) is 0 Å². The Kier molecular flexibility index (Phi) is 8.77. The third-order valence-corrected chi connectivity index (χ3v) is 10.6. The van der Waals surface area contributed by atoms with E-state index in [1.807, 2.05) is 46.8 Å². The molecule has 0 spiro atoms. The van der Waals surface area contributed by atoms with Gasteiger partial charge in [-0.15, -0.1) is 11.5 Å². The highest BCUT2D eigenvalue weighted by atomic mass is 15.1. The first-order valence-corrected chi connectivity index (χ1v) is 19.1. The Balaban J connectivity index is 0.000000969. The third-order valence-electron chi connectivity index (χ3n) is 10.6. The largest absolute Gasteiger partial charge is 0.326 e. The Bertz CT molecular complexity index is 2820. The van der Waals surface area contributed by atoms with Crippen molar-refractivity contribution in [3.8, 4) is 27.9 Å². The van der Waals surface area contributed by atoms with Crippen molar-refractivity contribution in [2.75, 3.05) is 0 Å². The highest BCUT2D eigenvalue weighted by Crippen LogP contribution is 2.49. The molecular formula is C50H45N3. The van der Waals surface area contributed by atoms with Gasteiger partial charge in [0, 0.05) is 45.3 Å². The van der Waals surface area contributed by atoms with Crippen molar-refractivity contribution in [1.29, 1.82) is 0 Å². The first kappa shape index (κ1) is 33.9. The fraction of sp³-hybridized carbons (Fsp3) is 0.160. The van der Waals surface area contributed by atoms with E-state index in [0.717, 1.165) is 23.5 Å². The van der Waals surface area contributed by atoms with Crippen molar-refractivity contribution in [2.45, 2.75) is 54.0 Å². The molecule has 260 valence electrons. The SMILES string of the molecule is C=Cc1c(CC)c2ccc3c4c5c6c(ccc5n3-c3ccc(-c5ccc(-c7ccccc7)cc5)cc3)C(C=C=CC)n6c3c(n1c24)C=C=C3.CC.CC. The molecule has 0 bridgehead atoms.